The fourth-order valence-electron chi connectivity index (χ4n) is 3.25. The summed E-state index contributed by atoms with van der Waals surface area (Å²) in [6.45, 7) is 3.92. The Balaban J connectivity index is 0.00000261. The molecule has 2 aromatic carbocycles. The maximum absolute atomic E-state index is 13.7. The van der Waals surface area contributed by atoms with E-state index in [4.69, 9.17) is 0 Å². The van der Waals surface area contributed by atoms with Crippen LogP contribution in [0.1, 0.15) is 24.1 Å². The smallest absolute Gasteiger partial charge is 0.282 e. The predicted molar refractivity (Wildman–Crippen MR) is 107 cm³/mol. The Morgan fingerprint density at radius 3 is 2.59 bits per heavy atom. The fraction of sp³-hybridized carbons (Fsp3) is 0.368. The van der Waals surface area contributed by atoms with Gasteiger partial charge in [0.05, 0.1) is 6.04 Å². The van der Waals surface area contributed by atoms with Crippen LogP contribution in [0.4, 0.5) is 4.39 Å². The van der Waals surface area contributed by atoms with E-state index in [1.165, 1.54) is 20.7 Å². The Morgan fingerprint density at radius 2 is 1.93 bits per heavy atom. The average Bonchev–Trinajstić information content (AvgIpc) is 2.67. The molecule has 0 aromatic heterocycles. The van der Waals surface area contributed by atoms with Crippen molar-refractivity contribution in [2.45, 2.75) is 19.5 Å². The van der Waals surface area contributed by atoms with Crippen molar-refractivity contribution in [2.24, 2.45) is 0 Å². The average molecular weight is 414 g/mol. The van der Waals surface area contributed by atoms with E-state index in [0.29, 0.717) is 38.3 Å². The van der Waals surface area contributed by atoms with Crippen LogP contribution in [0.3, 0.4) is 0 Å². The van der Waals surface area contributed by atoms with Crippen LogP contribution in [0, 0.1) is 5.82 Å². The summed E-state index contributed by atoms with van der Waals surface area (Å²) in [7, 11) is -3.68. The number of benzene rings is 2. The molecule has 1 N–H and O–H groups in total. The summed E-state index contributed by atoms with van der Waals surface area (Å²) in [5, 5.41) is 3.21. The molecule has 0 bridgehead atoms. The Kier molecular flexibility index (Phi) is 7.76. The third-order valence-electron chi connectivity index (χ3n) is 4.60. The van der Waals surface area contributed by atoms with E-state index < -0.39 is 16.3 Å². The zero-order chi connectivity index (χ0) is 18.6. The number of halogens is 2. The Hall–Kier alpha value is -1.51. The SMILES string of the molecule is CCN(Cc1ccccc1)S(=O)(=O)N1CCNCC1c1cccc(F)c1.Cl. The van der Waals surface area contributed by atoms with Crippen molar-refractivity contribution in [3.63, 3.8) is 0 Å². The van der Waals surface area contributed by atoms with Gasteiger partial charge in [-0.2, -0.15) is 17.0 Å². The van der Waals surface area contributed by atoms with Gasteiger partial charge in [0.1, 0.15) is 5.82 Å². The van der Waals surface area contributed by atoms with Crippen LogP contribution < -0.4 is 5.32 Å². The molecule has 0 saturated carbocycles. The van der Waals surface area contributed by atoms with Crippen LogP contribution in [-0.2, 0) is 16.8 Å². The summed E-state index contributed by atoms with van der Waals surface area (Å²) in [5.41, 5.74) is 1.60. The lowest BCUT2D eigenvalue weighted by atomic mass is 10.1. The van der Waals surface area contributed by atoms with Crippen molar-refractivity contribution in [3.8, 4) is 0 Å². The number of nitrogens with one attached hydrogen (secondary N) is 1. The summed E-state index contributed by atoms with van der Waals surface area (Å²) < 4.78 is 43.3. The van der Waals surface area contributed by atoms with E-state index in [1.807, 2.05) is 37.3 Å². The van der Waals surface area contributed by atoms with Gasteiger partial charge in [-0.3, -0.25) is 0 Å². The Labute approximate surface area is 166 Å². The topological polar surface area (TPSA) is 52.7 Å². The van der Waals surface area contributed by atoms with Crippen molar-refractivity contribution in [3.05, 3.63) is 71.5 Å². The van der Waals surface area contributed by atoms with Gasteiger partial charge in [0.2, 0.25) is 0 Å². The second kappa shape index (κ2) is 9.61. The van der Waals surface area contributed by atoms with E-state index in [1.54, 1.807) is 12.1 Å². The summed E-state index contributed by atoms with van der Waals surface area (Å²) in [5.74, 6) is -0.359. The molecule has 2 aromatic rings. The first-order valence-electron chi connectivity index (χ1n) is 8.79. The lowest BCUT2D eigenvalue weighted by molar-refractivity contribution is 0.246. The van der Waals surface area contributed by atoms with Gasteiger partial charge in [-0.1, -0.05) is 49.4 Å². The van der Waals surface area contributed by atoms with Gasteiger partial charge < -0.3 is 5.32 Å². The Morgan fingerprint density at radius 1 is 1.19 bits per heavy atom. The highest BCUT2D eigenvalue weighted by Gasteiger charge is 2.36. The standard InChI is InChI=1S/C19H24FN3O2S.ClH/c1-2-22(15-16-7-4-3-5-8-16)26(24,25)23-12-11-21-14-19(23)17-9-6-10-18(20)13-17;/h3-10,13,19,21H,2,11-12,14-15H2,1H3;1H. The molecular weight excluding hydrogens is 389 g/mol. The molecule has 1 fully saturated rings. The highest BCUT2D eigenvalue weighted by Crippen LogP contribution is 2.28. The minimum atomic E-state index is -3.68. The minimum absolute atomic E-state index is 0. The third-order valence-corrected chi connectivity index (χ3v) is 6.67. The van der Waals surface area contributed by atoms with Crippen LogP contribution in [0.2, 0.25) is 0 Å². The second-order valence-electron chi connectivity index (χ2n) is 6.31. The van der Waals surface area contributed by atoms with Crippen LogP contribution in [0.5, 0.6) is 0 Å². The van der Waals surface area contributed by atoms with Crippen molar-refractivity contribution in [1.82, 2.24) is 13.9 Å². The van der Waals surface area contributed by atoms with E-state index >= 15 is 0 Å². The van der Waals surface area contributed by atoms with E-state index in [0.717, 1.165) is 5.56 Å². The lowest BCUT2D eigenvalue weighted by Crippen LogP contribution is -2.53. The molecule has 0 amide bonds. The summed E-state index contributed by atoms with van der Waals surface area (Å²) in [6.07, 6.45) is 0. The Bertz CT molecular complexity index is 836. The first-order valence-corrected chi connectivity index (χ1v) is 10.2. The van der Waals surface area contributed by atoms with E-state index in [-0.39, 0.29) is 18.2 Å². The quantitative estimate of drug-likeness (QED) is 0.792. The van der Waals surface area contributed by atoms with Crippen molar-refractivity contribution < 1.29 is 12.8 Å². The van der Waals surface area contributed by atoms with Gasteiger partial charge >= 0.3 is 0 Å². The van der Waals surface area contributed by atoms with Crippen molar-refractivity contribution in [1.29, 1.82) is 0 Å². The van der Waals surface area contributed by atoms with Gasteiger partial charge in [-0.15, -0.1) is 12.4 Å². The van der Waals surface area contributed by atoms with Gasteiger partial charge in [0, 0.05) is 32.7 Å². The monoisotopic (exact) mass is 413 g/mol. The number of nitrogens with zero attached hydrogens (tertiary/aromatic N) is 2. The summed E-state index contributed by atoms with van der Waals surface area (Å²) in [6, 6.07) is 15.3. The zero-order valence-corrected chi connectivity index (χ0v) is 16.8. The third kappa shape index (κ3) is 5.06. The summed E-state index contributed by atoms with van der Waals surface area (Å²) in [4.78, 5) is 0. The predicted octanol–water partition coefficient (Wildman–Crippen LogP) is 2.96. The second-order valence-corrected chi connectivity index (χ2v) is 8.19. The number of hydrogen-bond donors (Lipinski definition) is 1. The minimum Gasteiger partial charge on any atom is -0.313 e. The number of rotatable bonds is 6. The number of piperazine rings is 1. The molecule has 0 aliphatic carbocycles. The molecule has 0 radical (unpaired) electrons. The highest BCUT2D eigenvalue weighted by atomic mass is 35.5. The molecule has 5 nitrogen and oxygen atoms in total. The molecule has 1 unspecified atom stereocenters. The molecule has 1 atom stereocenters. The van der Waals surface area contributed by atoms with E-state index in [9.17, 15) is 12.8 Å². The molecule has 1 saturated heterocycles. The van der Waals surface area contributed by atoms with Crippen LogP contribution in [0.25, 0.3) is 0 Å². The molecule has 1 heterocycles. The molecular formula is C19H25ClFN3O2S. The van der Waals surface area contributed by atoms with Gasteiger partial charge in [0.25, 0.3) is 10.2 Å². The molecule has 27 heavy (non-hydrogen) atoms. The fourth-order valence-corrected chi connectivity index (χ4v) is 5.03. The van der Waals surface area contributed by atoms with Gasteiger partial charge in [-0.05, 0) is 23.3 Å². The van der Waals surface area contributed by atoms with Crippen molar-refractivity contribution in [2.75, 3.05) is 26.2 Å². The number of hydrogen-bond acceptors (Lipinski definition) is 3. The molecule has 0 spiro atoms. The molecule has 1 aliphatic rings. The van der Waals surface area contributed by atoms with Crippen LogP contribution in [0.15, 0.2) is 54.6 Å². The molecule has 3 rings (SSSR count). The first kappa shape index (κ1) is 21.8. The summed E-state index contributed by atoms with van der Waals surface area (Å²) >= 11 is 0. The molecule has 148 valence electrons. The van der Waals surface area contributed by atoms with Crippen LogP contribution in [-0.4, -0.2) is 43.2 Å². The molecule has 1 aliphatic heterocycles. The van der Waals surface area contributed by atoms with Crippen molar-refractivity contribution >= 4 is 22.6 Å². The normalized spacial score (nSPS) is 18.3. The van der Waals surface area contributed by atoms with Crippen LogP contribution >= 0.6 is 12.4 Å². The maximum atomic E-state index is 13.7. The lowest BCUT2D eigenvalue weighted by Gasteiger charge is -2.38. The van der Waals surface area contributed by atoms with Gasteiger partial charge in [-0.25, -0.2) is 4.39 Å². The van der Waals surface area contributed by atoms with Gasteiger partial charge in [0.15, 0.2) is 0 Å². The first-order chi connectivity index (χ1) is 12.5. The maximum Gasteiger partial charge on any atom is 0.282 e. The molecule has 8 heteroatoms. The largest absolute Gasteiger partial charge is 0.313 e. The highest BCUT2D eigenvalue weighted by molar-refractivity contribution is 7.86. The zero-order valence-electron chi connectivity index (χ0n) is 15.2. The van der Waals surface area contributed by atoms with E-state index in [2.05, 4.69) is 5.32 Å².